The molecule has 0 atom stereocenters. The Morgan fingerprint density at radius 2 is 1.87 bits per heavy atom. The number of anilines is 1. The summed E-state index contributed by atoms with van der Waals surface area (Å²) in [4.78, 5) is 20.6. The Bertz CT molecular complexity index is 847. The molecule has 0 aliphatic carbocycles. The second-order valence-corrected chi connectivity index (χ2v) is 8.94. The number of nitrogens with one attached hydrogen (secondary N) is 2. The molecule has 2 N–H and O–H groups in total. The first kappa shape index (κ1) is 23.8. The van der Waals surface area contributed by atoms with E-state index >= 15 is 0 Å². The Morgan fingerprint density at radius 3 is 2.48 bits per heavy atom. The number of guanidine groups is 1. The molecule has 1 aromatic carbocycles. The number of piperidine rings is 1. The van der Waals surface area contributed by atoms with Crippen LogP contribution < -0.4 is 15.5 Å². The normalized spacial score (nSPS) is 17.6. The molecule has 0 spiro atoms. The Hall–Kier alpha value is -1.81. The van der Waals surface area contributed by atoms with E-state index in [4.69, 9.17) is 0 Å². The first-order chi connectivity index (χ1) is 14.7. The summed E-state index contributed by atoms with van der Waals surface area (Å²) in [6.07, 6.45) is 3.91. The maximum Gasteiger partial charge on any atom is 0.222 e. The number of hydrogen-bond acceptors (Lipinski definition) is 4. The largest absolute Gasteiger partial charge is 0.363 e. The standard InChI is InChI=1S/C23H31N5OS.HI/c1-24-23(26-20-10-13-27(14-11-20)22-5-3-15-30-22)25-16-18-6-8-19(9-7-18)17-28-12-2-4-21(28)29;/h3,5-9,15,20H,2,4,10-14,16-17H2,1H3,(H2,24,25,26);1H. The van der Waals surface area contributed by atoms with Gasteiger partial charge in [0.25, 0.3) is 0 Å². The van der Waals surface area contributed by atoms with Gasteiger partial charge in [0.2, 0.25) is 5.91 Å². The third kappa shape index (κ3) is 6.58. The van der Waals surface area contributed by atoms with E-state index < -0.39 is 0 Å². The fourth-order valence-corrected chi connectivity index (χ4v) is 4.91. The van der Waals surface area contributed by atoms with E-state index in [1.54, 1.807) is 0 Å². The average molecular weight is 554 g/mol. The van der Waals surface area contributed by atoms with Crippen molar-refractivity contribution in [3.63, 3.8) is 0 Å². The van der Waals surface area contributed by atoms with Crippen molar-refractivity contribution >= 4 is 52.2 Å². The first-order valence-electron chi connectivity index (χ1n) is 10.8. The van der Waals surface area contributed by atoms with Crippen LogP contribution >= 0.6 is 35.3 Å². The van der Waals surface area contributed by atoms with Gasteiger partial charge < -0.3 is 20.4 Å². The SMILES string of the molecule is CN=C(NCc1ccc(CN2CCCC2=O)cc1)NC1CCN(c2cccs2)CC1.I. The van der Waals surface area contributed by atoms with E-state index in [1.165, 1.54) is 16.1 Å². The number of thiophene rings is 1. The molecule has 2 aliphatic heterocycles. The van der Waals surface area contributed by atoms with Gasteiger partial charge >= 0.3 is 0 Å². The summed E-state index contributed by atoms with van der Waals surface area (Å²) in [6, 6.07) is 13.3. The fraction of sp³-hybridized carbons (Fsp3) is 0.478. The molecule has 6 nitrogen and oxygen atoms in total. The average Bonchev–Trinajstić information content (AvgIpc) is 3.45. The van der Waals surface area contributed by atoms with Gasteiger partial charge in [0.05, 0.1) is 5.00 Å². The van der Waals surface area contributed by atoms with Crippen molar-refractivity contribution in [2.75, 3.05) is 31.6 Å². The molecular weight excluding hydrogens is 521 g/mol. The van der Waals surface area contributed by atoms with E-state index in [9.17, 15) is 4.79 Å². The van der Waals surface area contributed by atoms with E-state index in [1.807, 2.05) is 23.3 Å². The lowest BCUT2D eigenvalue weighted by Gasteiger charge is -2.33. The monoisotopic (exact) mass is 553 g/mol. The topological polar surface area (TPSA) is 60.0 Å². The molecule has 31 heavy (non-hydrogen) atoms. The van der Waals surface area contributed by atoms with E-state index in [-0.39, 0.29) is 29.9 Å². The number of carbonyl (C=O) groups is 1. The Balaban J connectivity index is 0.00000272. The third-order valence-corrected chi connectivity index (χ3v) is 6.83. The molecule has 8 heteroatoms. The minimum absolute atomic E-state index is 0. The summed E-state index contributed by atoms with van der Waals surface area (Å²) in [7, 11) is 1.83. The zero-order chi connectivity index (χ0) is 20.8. The van der Waals surface area contributed by atoms with Crippen molar-refractivity contribution in [3.8, 4) is 0 Å². The number of likely N-dealkylation sites (tertiary alicyclic amines) is 1. The summed E-state index contributed by atoms with van der Waals surface area (Å²) >= 11 is 1.81. The van der Waals surface area contributed by atoms with Crippen LogP contribution in [0.1, 0.15) is 36.8 Å². The summed E-state index contributed by atoms with van der Waals surface area (Å²) in [5.41, 5.74) is 2.40. The molecule has 1 amide bonds. The minimum Gasteiger partial charge on any atom is -0.363 e. The van der Waals surface area contributed by atoms with Crippen LogP contribution in [0.3, 0.4) is 0 Å². The summed E-state index contributed by atoms with van der Waals surface area (Å²) in [5.74, 6) is 1.13. The highest BCUT2D eigenvalue weighted by molar-refractivity contribution is 14.0. The molecule has 2 aliphatic rings. The van der Waals surface area contributed by atoms with Gasteiger partial charge in [0.15, 0.2) is 5.96 Å². The van der Waals surface area contributed by atoms with Gasteiger partial charge in [0.1, 0.15) is 0 Å². The lowest BCUT2D eigenvalue weighted by molar-refractivity contribution is -0.128. The number of nitrogens with zero attached hydrogens (tertiary/aromatic N) is 3. The zero-order valence-corrected chi connectivity index (χ0v) is 21.2. The molecule has 2 aromatic rings. The van der Waals surface area contributed by atoms with E-state index in [0.29, 0.717) is 12.5 Å². The Kier molecular flexibility index (Phi) is 9.01. The van der Waals surface area contributed by atoms with Gasteiger partial charge in [0, 0.05) is 52.2 Å². The summed E-state index contributed by atoms with van der Waals surface area (Å²) < 4.78 is 0. The highest BCUT2D eigenvalue weighted by Gasteiger charge is 2.21. The predicted molar refractivity (Wildman–Crippen MR) is 139 cm³/mol. The molecule has 0 saturated carbocycles. The lowest BCUT2D eigenvalue weighted by Crippen LogP contribution is -2.48. The van der Waals surface area contributed by atoms with Gasteiger partial charge in [-0.3, -0.25) is 9.79 Å². The van der Waals surface area contributed by atoms with Crippen LogP contribution in [0.5, 0.6) is 0 Å². The van der Waals surface area contributed by atoms with Gasteiger partial charge in [-0.2, -0.15) is 0 Å². The molecule has 2 fully saturated rings. The van der Waals surface area contributed by atoms with Crippen LogP contribution in [0, 0.1) is 0 Å². The van der Waals surface area contributed by atoms with Gasteiger partial charge in [-0.15, -0.1) is 35.3 Å². The first-order valence-corrected chi connectivity index (χ1v) is 11.7. The van der Waals surface area contributed by atoms with Crippen molar-refractivity contribution in [2.45, 2.75) is 44.8 Å². The maximum atomic E-state index is 11.8. The minimum atomic E-state index is 0. The zero-order valence-electron chi connectivity index (χ0n) is 18.0. The van der Waals surface area contributed by atoms with Crippen molar-refractivity contribution < 1.29 is 4.79 Å². The maximum absolute atomic E-state index is 11.8. The molecular formula is C23H32IN5OS. The fourth-order valence-electron chi connectivity index (χ4n) is 4.12. The number of amides is 1. The van der Waals surface area contributed by atoms with Crippen LogP contribution in [-0.2, 0) is 17.9 Å². The molecule has 1 aromatic heterocycles. The summed E-state index contributed by atoms with van der Waals surface area (Å²) in [6.45, 7) is 4.50. The highest BCUT2D eigenvalue weighted by Crippen LogP contribution is 2.24. The van der Waals surface area contributed by atoms with Crippen LogP contribution in [0.2, 0.25) is 0 Å². The smallest absolute Gasteiger partial charge is 0.222 e. The van der Waals surface area contributed by atoms with Crippen LogP contribution in [0.25, 0.3) is 0 Å². The number of halogens is 1. The molecule has 3 heterocycles. The van der Waals surface area contributed by atoms with Gasteiger partial charge in [-0.05, 0) is 47.9 Å². The Morgan fingerprint density at radius 1 is 1.13 bits per heavy atom. The van der Waals surface area contributed by atoms with E-state index in [2.05, 4.69) is 62.3 Å². The summed E-state index contributed by atoms with van der Waals surface area (Å²) in [5, 5.41) is 10.5. The highest BCUT2D eigenvalue weighted by atomic mass is 127. The van der Waals surface area contributed by atoms with Crippen LogP contribution in [0.4, 0.5) is 5.00 Å². The second kappa shape index (κ2) is 11.7. The van der Waals surface area contributed by atoms with Crippen molar-refractivity contribution in [1.29, 1.82) is 0 Å². The van der Waals surface area contributed by atoms with Gasteiger partial charge in [-0.1, -0.05) is 24.3 Å². The second-order valence-electron chi connectivity index (χ2n) is 8.02. The van der Waals surface area contributed by atoms with Crippen LogP contribution in [-0.4, -0.2) is 49.5 Å². The van der Waals surface area contributed by atoms with Crippen molar-refractivity contribution in [3.05, 3.63) is 52.9 Å². The molecule has 0 radical (unpaired) electrons. The number of aliphatic imine (C=N–C) groups is 1. The van der Waals surface area contributed by atoms with Crippen LogP contribution in [0.15, 0.2) is 46.8 Å². The predicted octanol–water partition coefficient (Wildman–Crippen LogP) is 3.82. The third-order valence-electron chi connectivity index (χ3n) is 5.90. The number of hydrogen-bond donors (Lipinski definition) is 2. The Labute approximate surface area is 206 Å². The lowest BCUT2D eigenvalue weighted by atomic mass is 10.1. The number of rotatable bonds is 6. The molecule has 4 rings (SSSR count). The van der Waals surface area contributed by atoms with Crippen molar-refractivity contribution in [2.24, 2.45) is 4.99 Å². The molecule has 2 saturated heterocycles. The molecule has 0 bridgehead atoms. The van der Waals surface area contributed by atoms with Gasteiger partial charge in [-0.25, -0.2) is 0 Å². The number of carbonyl (C=O) groups excluding carboxylic acids is 1. The molecule has 168 valence electrons. The van der Waals surface area contributed by atoms with E-state index in [0.717, 1.165) is 57.9 Å². The number of benzene rings is 1. The quantitative estimate of drug-likeness (QED) is 0.325. The van der Waals surface area contributed by atoms with Crippen molar-refractivity contribution in [1.82, 2.24) is 15.5 Å². The molecule has 0 unspecified atom stereocenters.